The van der Waals surface area contributed by atoms with Crippen molar-refractivity contribution in [3.8, 4) is 0 Å². The summed E-state index contributed by atoms with van der Waals surface area (Å²) in [5.41, 5.74) is 2.40. The summed E-state index contributed by atoms with van der Waals surface area (Å²) >= 11 is 1.15. The number of rotatable bonds is 3. The van der Waals surface area contributed by atoms with Crippen molar-refractivity contribution in [1.82, 2.24) is 4.90 Å². The molecule has 1 atom stereocenters. The van der Waals surface area contributed by atoms with Crippen LogP contribution < -0.4 is 5.32 Å². The Labute approximate surface area is 165 Å². The first-order chi connectivity index (χ1) is 13.4. The molecule has 0 bridgehead atoms. The summed E-state index contributed by atoms with van der Waals surface area (Å²) in [6.45, 7) is 3.39. The highest BCUT2D eigenvalue weighted by Gasteiger charge is 2.39. The Hall–Kier alpha value is -3.00. The van der Waals surface area contributed by atoms with Gasteiger partial charge in [-0.25, -0.2) is 14.3 Å². The van der Waals surface area contributed by atoms with Gasteiger partial charge >= 0.3 is 0 Å². The van der Waals surface area contributed by atoms with Gasteiger partial charge in [0.1, 0.15) is 17.7 Å². The van der Waals surface area contributed by atoms with Crippen LogP contribution >= 0.6 is 11.8 Å². The predicted molar refractivity (Wildman–Crippen MR) is 109 cm³/mol. The van der Waals surface area contributed by atoms with E-state index >= 15 is 0 Å². The summed E-state index contributed by atoms with van der Waals surface area (Å²) in [4.78, 5) is 35.3. The van der Waals surface area contributed by atoms with Gasteiger partial charge in [0, 0.05) is 11.3 Å². The average molecular weight is 396 g/mol. The number of nitrogens with one attached hydrogen (secondary N) is 1. The molecule has 4 rings (SSSR count). The minimum absolute atomic E-state index is 0.0297. The van der Waals surface area contributed by atoms with E-state index in [0.717, 1.165) is 17.3 Å². The largest absolute Gasteiger partial charge is 0.325 e. The van der Waals surface area contributed by atoms with E-state index in [1.807, 2.05) is 24.3 Å². The zero-order valence-corrected chi connectivity index (χ0v) is 16.1. The van der Waals surface area contributed by atoms with Gasteiger partial charge in [0.15, 0.2) is 5.17 Å². The van der Waals surface area contributed by atoms with Crippen molar-refractivity contribution >= 4 is 46.0 Å². The van der Waals surface area contributed by atoms with Crippen LogP contribution in [0.5, 0.6) is 0 Å². The second-order valence-corrected chi connectivity index (χ2v) is 7.46. The molecule has 2 aromatic carbocycles. The lowest BCUT2D eigenvalue weighted by Gasteiger charge is -2.25. The Morgan fingerprint density at radius 2 is 2.07 bits per heavy atom. The highest BCUT2D eigenvalue weighted by atomic mass is 32.2. The van der Waals surface area contributed by atoms with E-state index in [0.29, 0.717) is 27.9 Å². The molecule has 142 valence electrons. The maximum absolute atomic E-state index is 13.6. The van der Waals surface area contributed by atoms with Crippen molar-refractivity contribution in [3.05, 3.63) is 59.4 Å². The first-order valence-corrected chi connectivity index (χ1v) is 9.71. The fraction of sp³-hybridized carbons (Fsp3) is 0.200. The minimum atomic E-state index is -0.490. The monoisotopic (exact) mass is 396 g/mol. The molecular formula is C20H17FN4O2S. The third-order valence-corrected chi connectivity index (χ3v) is 5.38. The lowest BCUT2D eigenvalue weighted by Crippen LogP contribution is -2.41. The fourth-order valence-corrected chi connectivity index (χ4v) is 3.77. The van der Waals surface area contributed by atoms with Crippen LogP contribution in [0, 0.1) is 12.7 Å². The maximum Gasteiger partial charge on any atom is 0.258 e. The van der Waals surface area contributed by atoms with Crippen LogP contribution in [0.2, 0.25) is 0 Å². The molecular weight excluding hydrogens is 379 g/mol. The molecule has 6 nitrogen and oxygen atoms in total. The highest BCUT2D eigenvalue weighted by Crippen LogP contribution is 2.33. The van der Waals surface area contributed by atoms with Crippen LogP contribution in [0.1, 0.15) is 18.1 Å². The number of nitrogens with zero attached hydrogens (tertiary/aromatic N) is 3. The number of fused-ring (bicyclic) bond motifs is 3. The Balaban J connectivity index is 1.52. The zero-order chi connectivity index (χ0) is 19.8. The van der Waals surface area contributed by atoms with Gasteiger partial charge in [0.2, 0.25) is 5.91 Å². The van der Waals surface area contributed by atoms with E-state index in [4.69, 9.17) is 0 Å². The SMILES string of the molecule is Cc1ccc(NC(=O)CSC2=Nc3ccccc3C3=N[C@H](C)C(=O)N23)cc1F. The van der Waals surface area contributed by atoms with E-state index in [-0.39, 0.29) is 23.4 Å². The van der Waals surface area contributed by atoms with Crippen LogP contribution in [0.3, 0.4) is 0 Å². The van der Waals surface area contributed by atoms with Crippen LogP contribution in [-0.4, -0.2) is 39.5 Å². The molecule has 0 radical (unpaired) electrons. The maximum atomic E-state index is 13.6. The normalized spacial score (nSPS) is 17.6. The second-order valence-electron chi connectivity index (χ2n) is 6.51. The zero-order valence-electron chi connectivity index (χ0n) is 15.3. The van der Waals surface area contributed by atoms with Gasteiger partial charge in [-0.1, -0.05) is 30.0 Å². The molecule has 2 heterocycles. The smallest absolute Gasteiger partial charge is 0.258 e. The number of hydrogen-bond acceptors (Lipinski definition) is 5. The molecule has 8 heteroatoms. The highest BCUT2D eigenvalue weighted by molar-refractivity contribution is 8.14. The standard InChI is InChI=1S/C20H17FN4O2S/c1-11-7-8-13(9-15(11)21)23-17(26)10-28-20-24-16-6-4-3-5-14(16)18-22-12(2)19(27)25(18)20/h3-9,12H,10H2,1-2H3,(H,23,26)/t12-/m1/s1. The van der Waals surface area contributed by atoms with E-state index in [2.05, 4.69) is 15.3 Å². The van der Waals surface area contributed by atoms with Crippen molar-refractivity contribution in [2.24, 2.45) is 9.98 Å². The Bertz CT molecular complexity index is 1050. The molecule has 0 unspecified atom stereocenters. The third-order valence-electron chi connectivity index (χ3n) is 4.45. The number of hydrogen-bond donors (Lipinski definition) is 1. The lowest BCUT2D eigenvalue weighted by molar-refractivity contribution is -0.124. The summed E-state index contributed by atoms with van der Waals surface area (Å²) < 4.78 is 13.6. The molecule has 2 aliphatic heterocycles. The first-order valence-electron chi connectivity index (χ1n) is 8.72. The molecule has 2 aromatic rings. The van der Waals surface area contributed by atoms with Gasteiger partial charge in [0.05, 0.1) is 11.4 Å². The van der Waals surface area contributed by atoms with E-state index in [1.165, 1.54) is 11.0 Å². The van der Waals surface area contributed by atoms with Crippen LogP contribution in [0.25, 0.3) is 0 Å². The molecule has 1 N–H and O–H groups in total. The van der Waals surface area contributed by atoms with Crippen molar-refractivity contribution < 1.29 is 14.0 Å². The fourth-order valence-electron chi connectivity index (χ4n) is 2.97. The number of carbonyl (C=O) groups is 2. The van der Waals surface area contributed by atoms with Gasteiger partial charge in [0.25, 0.3) is 5.91 Å². The number of para-hydroxylation sites is 1. The Morgan fingerprint density at radius 3 is 2.86 bits per heavy atom. The van der Waals surface area contributed by atoms with E-state index in [9.17, 15) is 14.0 Å². The summed E-state index contributed by atoms with van der Waals surface area (Å²) in [7, 11) is 0. The third kappa shape index (κ3) is 3.31. The van der Waals surface area contributed by atoms with Crippen molar-refractivity contribution in [1.29, 1.82) is 0 Å². The molecule has 2 amide bonds. The van der Waals surface area contributed by atoms with Crippen LogP contribution in [0.4, 0.5) is 15.8 Å². The summed E-state index contributed by atoms with van der Waals surface area (Å²) in [6, 6.07) is 11.5. The van der Waals surface area contributed by atoms with Crippen LogP contribution in [-0.2, 0) is 9.59 Å². The quantitative estimate of drug-likeness (QED) is 0.863. The molecule has 2 aliphatic rings. The molecule has 0 saturated heterocycles. The van der Waals surface area contributed by atoms with Crippen molar-refractivity contribution in [3.63, 3.8) is 0 Å². The Kier molecular flexibility index (Phi) is 4.72. The number of amides is 2. The van der Waals surface area contributed by atoms with Gasteiger partial charge in [-0.15, -0.1) is 0 Å². The number of halogens is 1. The second kappa shape index (κ2) is 7.20. The average Bonchev–Trinajstić information content (AvgIpc) is 2.98. The van der Waals surface area contributed by atoms with Crippen LogP contribution in [0.15, 0.2) is 52.4 Å². The van der Waals surface area contributed by atoms with Crippen molar-refractivity contribution in [2.45, 2.75) is 19.9 Å². The Morgan fingerprint density at radius 1 is 1.29 bits per heavy atom. The number of thioether (sulfide) groups is 1. The van der Waals surface area contributed by atoms with E-state index in [1.54, 1.807) is 26.0 Å². The minimum Gasteiger partial charge on any atom is -0.325 e. The van der Waals surface area contributed by atoms with E-state index < -0.39 is 6.04 Å². The number of carbonyl (C=O) groups excluding carboxylic acids is 2. The van der Waals surface area contributed by atoms with Gasteiger partial charge in [-0.2, -0.15) is 0 Å². The number of amidine groups is 2. The van der Waals surface area contributed by atoms with Crippen molar-refractivity contribution in [2.75, 3.05) is 11.1 Å². The summed E-state index contributed by atoms with van der Waals surface area (Å²) in [6.07, 6.45) is 0. The van der Waals surface area contributed by atoms with Gasteiger partial charge in [-0.3, -0.25) is 14.6 Å². The predicted octanol–water partition coefficient (Wildman–Crippen LogP) is 3.48. The topological polar surface area (TPSA) is 74.1 Å². The number of benzene rings is 2. The number of aryl methyl sites for hydroxylation is 1. The van der Waals surface area contributed by atoms with Gasteiger partial charge < -0.3 is 5.32 Å². The summed E-state index contributed by atoms with van der Waals surface area (Å²) in [5.74, 6) is -0.269. The molecule has 0 fully saturated rings. The number of aliphatic imine (C=N–C) groups is 2. The molecule has 0 saturated carbocycles. The summed E-state index contributed by atoms with van der Waals surface area (Å²) in [5, 5.41) is 3.07. The van der Waals surface area contributed by atoms with Gasteiger partial charge in [-0.05, 0) is 43.7 Å². The number of anilines is 1. The first kappa shape index (κ1) is 18.4. The molecule has 0 spiro atoms. The molecule has 0 aliphatic carbocycles. The lowest BCUT2D eigenvalue weighted by atomic mass is 10.1. The molecule has 28 heavy (non-hydrogen) atoms. The molecule has 0 aromatic heterocycles.